The van der Waals surface area contributed by atoms with Crippen molar-refractivity contribution in [3.8, 4) is 0 Å². The van der Waals surface area contributed by atoms with Gasteiger partial charge in [-0.1, -0.05) is 60.5 Å². The number of benzene rings is 2. The molecule has 1 aliphatic rings. The lowest BCUT2D eigenvalue weighted by Gasteiger charge is -2.51. The van der Waals surface area contributed by atoms with Crippen LogP contribution >= 0.6 is 23.2 Å². The lowest BCUT2D eigenvalue weighted by molar-refractivity contribution is -0.203. The molecular weight excluding hydrogens is 421 g/mol. The number of hydrogen-bond donors (Lipinski definition) is 1. The van der Waals surface area contributed by atoms with Crippen LogP contribution in [0.1, 0.15) is 50.0 Å². The van der Waals surface area contributed by atoms with Crippen LogP contribution in [0.4, 0.5) is 0 Å². The molecular formula is C24H27Cl2NO3. The second-order valence-corrected chi connectivity index (χ2v) is 8.64. The van der Waals surface area contributed by atoms with E-state index in [-0.39, 0.29) is 18.6 Å². The van der Waals surface area contributed by atoms with Crippen LogP contribution in [0.3, 0.4) is 0 Å². The molecule has 1 aliphatic heterocycles. The van der Waals surface area contributed by atoms with E-state index in [2.05, 4.69) is 6.58 Å². The first-order valence-corrected chi connectivity index (χ1v) is 10.8. The van der Waals surface area contributed by atoms with Crippen LogP contribution in [0.15, 0.2) is 61.2 Å². The van der Waals surface area contributed by atoms with Gasteiger partial charge >= 0.3 is 0 Å². The number of aliphatic hydroxyl groups is 1. The van der Waals surface area contributed by atoms with Crippen molar-refractivity contribution in [2.75, 3.05) is 6.61 Å². The number of amides is 1. The van der Waals surface area contributed by atoms with Gasteiger partial charge in [0.15, 0.2) is 0 Å². The molecule has 0 aliphatic carbocycles. The summed E-state index contributed by atoms with van der Waals surface area (Å²) in [5, 5.41) is 11.3. The van der Waals surface area contributed by atoms with Crippen molar-refractivity contribution >= 4 is 29.1 Å². The van der Waals surface area contributed by atoms with Crippen LogP contribution in [0.2, 0.25) is 10.0 Å². The summed E-state index contributed by atoms with van der Waals surface area (Å²) in [4.78, 5) is 15.5. The second kappa shape index (κ2) is 9.52. The molecule has 160 valence electrons. The van der Waals surface area contributed by atoms with Crippen molar-refractivity contribution in [3.63, 3.8) is 0 Å². The largest absolute Gasteiger partial charge is 0.394 e. The van der Waals surface area contributed by atoms with Crippen molar-refractivity contribution in [3.05, 3.63) is 82.4 Å². The third-order valence-electron chi connectivity index (χ3n) is 5.66. The summed E-state index contributed by atoms with van der Waals surface area (Å²) in [6.45, 7) is 7.41. The van der Waals surface area contributed by atoms with E-state index in [1.165, 1.54) is 0 Å². The standard InChI is InChI=1S/C24H27Cl2NO3/c1-4-13-24(3)23(29)27(20(5-2)15-28)21(16-9-11-18(25)12-10-16)22(30-24)17-7-6-8-19(26)14-17/h4,6-12,14,20-22,28H,1,5,13,15H2,2-3H3/t20-,21+,22+,24-/m0/s1. The molecule has 1 amide bonds. The Morgan fingerprint density at radius 3 is 2.47 bits per heavy atom. The maximum absolute atomic E-state index is 13.7. The molecule has 1 heterocycles. The van der Waals surface area contributed by atoms with Gasteiger partial charge in [-0.15, -0.1) is 6.58 Å². The van der Waals surface area contributed by atoms with Gasteiger partial charge in [0.1, 0.15) is 11.7 Å². The van der Waals surface area contributed by atoms with E-state index in [1.807, 2.05) is 37.3 Å². The highest BCUT2D eigenvalue weighted by Crippen LogP contribution is 2.47. The normalized spacial score (nSPS) is 25.2. The average Bonchev–Trinajstić information content (AvgIpc) is 2.73. The van der Waals surface area contributed by atoms with Gasteiger partial charge in [0.2, 0.25) is 0 Å². The molecule has 30 heavy (non-hydrogen) atoms. The Morgan fingerprint density at radius 2 is 1.90 bits per heavy atom. The highest BCUT2D eigenvalue weighted by atomic mass is 35.5. The molecule has 0 unspecified atom stereocenters. The van der Waals surface area contributed by atoms with Crippen LogP contribution in [0.25, 0.3) is 0 Å². The highest BCUT2D eigenvalue weighted by molar-refractivity contribution is 6.30. The summed E-state index contributed by atoms with van der Waals surface area (Å²) in [6, 6.07) is 14.1. The Hall–Kier alpha value is -1.85. The SMILES string of the molecule is C=CC[C@]1(C)O[C@H](c2cccc(Cl)c2)[C@@H](c2ccc(Cl)cc2)N([C@@H](CC)CO)C1=O. The molecule has 4 nitrogen and oxygen atoms in total. The van der Waals surface area contributed by atoms with E-state index in [9.17, 15) is 9.90 Å². The molecule has 1 fully saturated rings. The first kappa shape index (κ1) is 22.8. The minimum Gasteiger partial charge on any atom is -0.394 e. The van der Waals surface area contributed by atoms with Crippen molar-refractivity contribution in [2.24, 2.45) is 0 Å². The zero-order valence-electron chi connectivity index (χ0n) is 17.2. The van der Waals surface area contributed by atoms with Gasteiger partial charge in [0, 0.05) is 16.5 Å². The van der Waals surface area contributed by atoms with Gasteiger partial charge in [-0.2, -0.15) is 0 Å². The van der Waals surface area contributed by atoms with Gasteiger partial charge in [-0.3, -0.25) is 4.79 Å². The maximum atomic E-state index is 13.7. The third-order valence-corrected chi connectivity index (χ3v) is 6.15. The highest BCUT2D eigenvalue weighted by Gasteiger charge is 2.51. The lowest BCUT2D eigenvalue weighted by atomic mass is 9.86. The number of carbonyl (C=O) groups is 1. The molecule has 0 aromatic heterocycles. The van der Waals surface area contributed by atoms with Gasteiger partial charge in [-0.05, 0) is 48.7 Å². The van der Waals surface area contributed by atoms with Crippen LogP contribution in [-0.2, 0) is 9.53 Å². The summed E-state index contributed by atoms with van der Waals surface area (Å²) in [5.74, 6) is -0.165. The van der Waals surface area contributed by atoms with Crippen molar-refractivity contribution < 1.29 is 14.6 Å². The summed E-state index contributed by atoms with van der Waals surface area (Å²) < 4.78 is 6.50. The molecule has 1 saturated heterocycles. The smallest absolute Gasteiger partial charge is 0.255 e. The van der Waals surface area contributed by atoms with Crippen molar-refractivity contribution in [1.29, 1.82) is 0 Å². The van der Waals surface area contributed by atoms with Gasteiger partial charge < -0.3 is 14.7 Å². The zero-order valence-corrected chi connectivity index (χ0v) is 18.7. The number of ether oxygens (including phenoxy) is 1. The Labute approximate surface area is 188 Å². The van der Waals surface area contributed by atoms with Crippen molar-refractivity contribution in [2.45, 2.75) is 50.5 Å². The molecule has 6 heteroatoms. The number of halogens is 2. The molecule has 0 bridgehead atoms. The first-order chi connectivity index (χ1) is 14.3. The number of nitrogens with zero attached hydrogens (tertiary/aromatic N) is 1. The average molecular weight is 448 g/mol. The summed E-state index contributed by atoms with van der Waals surface area (Å²) in [5.41, 5.74) is 0.647. The van der Waals surface area contributed by atoms with Crippen LogP contribution in [-0.4, -0.2) is 34.2 Å². The predicted octanol–water partition coefficient (Wildman–Crippen LogP) is 5.74. The predicted molar refractivity (Wildman–Crippen MR) is 121 cm³/mol. The van der Waals surface area contributed by atoms with Crippen LogP contribution in [0, 0.1) is 0 Å². The monoisotopic (exact) mass is 447 g/mol. The Balaban J connectivity index is 2.22. The van der Waals surface area contributed by atoms with E-state index < -0.39 is 17.7 Å². The molecule has 3 rings (SSSR count). The number of morpholine rings is 1. The number of rotatable bonds is 7. The molecule has 1 N–H and O–H groups in total. The fourth-order valence-electron chi connectivity index (χ4n) is 4.09. The Morgan fingerprint density at radius 1 is 1.20 bits per heavy atom. The molecule has 2 aromatic carbocycles. The third kappa shape index (κ3) is 4.42. The Bertz CT molecular complexity index is 898. The van der Waals surface area contributed by atoms with E-state index in [0.717, 1.165) is 11.1 Å². The molecule has 0 saturated carbocycles. The summed E-state index contributed by atoms with van der Waals surface area (Å²) in [6.07, 6.45) is 2.18. The van der Waals surface area contributed by atoms with E-state index in [0.29, 0.717) is 22.9 Å². The van der Waals surface area contributed by atoms with E-state index in [1.54, 1.807) is 36.1 Å². The minimum atomic E-state index is -1.10. The fraction of sp³-hybridized carbons (Fsp3) is 0.375. The summed E-state index contributed by atoms with van der Waals surface area (Å²) in [7, 11) is 0. The van der Waals surface area contributed by atoms with Gasteiger partial charge in [-0.25, -0.2) is 0 Å². The molecule has 4 atom stereocenters. The number of aliphatic hydroxyl groups excluding tert-OH is 1. The second-order valence-electron chi connectivity index (χ2n) is 7.77. The summed E-state index contributed by atoms with van der Waals surface area (Å²) >= 11 is 12.4. The minimum absolute atomic E-state index is 0.140. The van der Waals surface area contributed by atoms with E-state index >= 15 is 0 Å². The van der Waals surface area contributed by atoms with E-state index in [4.69, 9.17) is 27.9 Å². The Kier molecular flexibility index (Phi) is 7.25. The fourth-order valence-corrected chi connectivity index (χ4v) is 4.41. The lowest BCUT2D eigenvalue weighted by Crippen LogP contribution is -2.60. The maximum Gasteiger partial charge on any atom is 0.255 e. The quantitative estimate of drug-likeness (QED) is 0.550. The van der Waals surface area contributed by atoms with Crippen LogP contribution in [0.5, 0.6) is 0 Å². The molecule has 0 spiro atoms. The topological polar surface area (TPSA) is 49.8 Å². The zero-order chi connectivity index (χ0) is 21.9. The number of carbonyl (C=O) groups excluding carboxylic acids is 1. The van der Waals surface area contributed by atoms with Crippen LogP contribution < -0.4 is 0 Å². The molecule has 2 aromatic rings. The first-order valence-electron chi connectivity index (χ1n) is 10.1. The van der Waals surface area contributed by atoms with Gasteiger partial charge in [0.05, 0.1) is 18.7 Å². The number of hydrogen-bond acceptors (Lipinski definition) is 3. The molecule has 0 radical (unpaired) electrons. The van der Waals surface area contributed by atoms with Crippen molar-refractivity contribution in [1.82, 2.24) is 4.90 Å². The van der Waals surface area contributed by atoms with Gasteiger partial charge in [0.25, 0.3) is 5.91 Å².